The van der Waals surface area contributed by atoms with E-state index in [1.165, 1.54) is 18.5 Å². The Kier molecular flexibility index (Phi) is 6.20. The van der Waals surface area contributed by atoms with Crippen molar-refractivity contribution >= 4 is 0 Å². The zero-order chi connectivity index (χ0) is 12.7. The molecule has 0 saturated heterocycles. The third-order valence-corrected chi connectivity index (χ3v) is 3.28. The summed E-state index contributed by atoms with van der Waals surface area (Å²) in [5.74, 6) is 1.25. The molecular weight excluding hydrogens is 208 g/mol. The van der Waals surface area contributed by atoms with Crippen LogP contribution in [0, 0.1) is 5.92 Å². The van der Waals surface area contributed by atoms with Gasteiger partial charge in [-0.2, -0.15) is 0 Å². The van der Waals surface area contributed by atoms with Gasteiger partial charge in [-0.1, -0.05) is 33.8 Å². The molecule has 0 aliphatic carbocycles. The van der Waals surface area contributed by atoms with E-state index >= 15 is 0 Å². The monoisotopic (exact) mass is 234 g/mol. The van der Waals surface area contributed by atoms with Gasteiger partial charge in [-0.3, -0.25) is 4.98 Å². The molecule has 1 heterocycles. The van der Waals surface area contributed by atoms with Crippen molar-refractivity contribution < 1.29 is 0 Å². The predicted octanol–water partition coefficient (Wildman–Crippen LogP) is 3.60. The molecule has 1 aromatic rings. The Bertz CT molecular complexity index is 295. The van der Waals surface area contributed by atoms with Crippen molar-refractivity contribution in [3.05, 3.63) is 30.1 Å². The molecule has 2 nitrogen and oxygen atoms in total. The Labute approximate surface area is 106 Å². The third-order valence-electron chi connectivity index (χ3n) is 3.28. The molecule has 0 spiro atoms. The van der Waals surface area contributed by atoms with Crippen molar-refractivity contribution in [2.45, 2.75) is 52.5 Å². The van der Waals surface area contributed by atoms with Gasteiger partial charge in [0, 0.05) is 23.9 Å². The van der Waals surface area contributed by atoms with Gasteiger partial charge in [0.05, 0.1) is 0 Å². The fourth-order valence-electron chi connectivity index (χ4n) is 2.16. The minimum absolute atomic E-state index is 0.481. The van der Waals surface area contributed by atoms with Gasteiger partial charge in [-0.25, -0.2) is 0 Å². The van der Waals surface area contributed by atoms with E-state index in [-0.39, 0.29) is 0 Å². The summed E-state index contributed by atoms with van der Waals surface area (Å²) in [4.78, 5) is 4.47. The molecule has 1 N–H and O–H groups in total. The summed E-state index contributed by atoms with van der Waals surface area (Å²) in [7, 11) is 0. The van der Waals surface area contributed by atoms with Crippen LogP contribution in [-0.2, 0) is 0 Å². The van der Waals surface area contributed by atoms with Gasteiger partial charge < -0.3 is 5.32 Å². The molecule has 0 bridgehead atoms. The van der Waals surface area contributed by atoms with Crippen LogP contribution in [0.15, 0.2) is 24.4 Å². The lowest BCUT2D eigenvalue weighted by atomic mass is 9.91. The molecule has 0 fully saturated rings. The fraction of sp³-hybridized carbons (Fsp3) is 0.667. The largest absolute Gasteiger partial charge is 0.314 e. The van der Waals surface area contributed by atoms with Crippen molar-refractivity contribution in [1.82, 2.24) is 10.3 Å². The molecule has 2 unspecified atom stereocenters. The second-order valence-corrected chi connectivity index (χ2v) is 5.18. The smallest absolute Gasteiger partial charge is 0.0447 e. The first-order valence-corrected chi connectivity index (χ1v) is 6.79. The summed E-state index contributed by atoms with van der Waals surface area (Å²) in [6.45, 7) is 10.0. The summed E-state index contributed by atoms with van der Waals surface area (Å²) in [6.07, 6.45) is 4.38. The molecule has 96 valence electrons. The molecule has 0 amide bonds. The van der Waals surface area contributed by atoms with Gasteiger partial charge in [-0.05, 0) is 37.4 Å². The number of hydrogen-bond donors (Lipinski definition) is 1. The van der Waals surface area contributed by atoms with Crippen LogP contribution in [0.1, 0.15) is 52.1 Å². The van der Waals surface area contributed by atoms with Crippen LogP contribution in [0.5, 0.6) is 0 Å². The number of aromatic nitrogens is 1. The molecule has 2 heteroatoms. The fourth-order valence-corrected chi connectivity index (χ4v) is 2.16. The first-order chi connectivity index (χ1) is 8.15. The Morgan fingerprint density at radius 1 is 1.18 bits per heavy atom. The first kappa shape index (κ1) is 14.2. The molecule has 0 radical (unpaired) electrons. The molecule has 2 atom stereocenters. The van der Waals surface area contributed by atoms with E-state index in [1.807, 2.05) is 12.3 Å². The quantitative estimate of drug-likeness (QED) is 0.779. The van der Waals surface area contributed by atoms with E-state index < -0.39 is 0 Å². The Balaban J connectivity index is 2.63. The van der Waals surface area contributed by atoms with Gasteiger partial charge in [0.15, 0.2) is 0 Å². The van der Waals surface area contributed by atoms with Crippen molar-refractivity contribution in [1.29, 1.82) is 0 Å². The molecule has 17 heavy (non-hydrogen) atoms. The van der Waals surface area contributed by atoms with Crippen LogP contribution in [0.3, 0.4) is 0 Å². The van der Waals surface area contributed by atoms with Gasteiger partial charge in [0.1, 0.15) is 0 Å². The van der Waals surface area contributed by atoms with E-state index in [1.54, 1.807) is 0 Å². The third kappa shape index (κ3) is 4.86. The number of nitrogens with one attached hydrogen (secondary N) is 1. The van der Waals surface area contributed by atoms with Gasteiger partial charge in [-0.15, -0.1) is 0 Å². The maximum atomic E-state index is 4.47. The Morgan fingerprint density at radius 3 is 2.47 bits per heavy atom. The van der Waals surface area contributed by atoms with Crippen LogP contribution in [0.4, 0.5) is 0 Å². The topological polar surface area (TPSA) is 24.9 Å². The van der Waals surface area contributed by atoms with E-state index in [0.717, 1.165) is 12.5 Å². The van der Waals surface area contributed by atoms with E-state index in [2.05, 4.69) is 50.1 Å². The standard InChI is InChI=1S/C15H26N2/c1-5-16-15(10-9-12(2)3)13(4)14-8-6-7-11-17-14/h6-8,11-13,15-16H,5,9-10H2,1-4H3. The van der Waals surface area contributed by atoms with Crippen molar-refractivity contribution in [3.63, 3.8) is 0 Å². The van der Waals surface area contributed by atoms with Crippen molar-refractivity contribution in [2.24, 2.45) is 5.92 Å². The lowest BCUT2D eigenvalue weighted by molar-refractivity contribution is 0.391. The zero-order valence-electron chi connectivity index (χ0n) is 11.6. The van der Waals surface area contributed by atoms with Crippen LogP contribution in [0.2, 0.25) is 0 Å². The highest BCUT2D eigenvalue weighted by Crippen LogP contribution is 2.21. The first-order valence-electron chi connectivity index (χ1n) is 6.79. The lowest BCUT2D eigenvalue weighted by Gasteiger charge is -2.25. The second-order valence-electron chi connectivity index (χ2n) is 5.18. The lowest BCUT2D eigenvalue weighted by Crippen LogP contribution is -2.34. The molecule has 1 rings (SSSR count). The number of rotatable bonds is 7. The van der Waals surface area contributed by atoms with Gasteiger partial charge in [0.25, 0.3) is 0 Å². The molecule has 1 aromatic heterocycles. The van der Waals surface area contributed by atoms with Crippen LogP contribution in [-0.4, -0.2) is 17.6 Å². The second kappa shape index (κ2) is 7.44. The summed E-state index contributed by atoms with van der Waals surface area (Å²) in [6, 6.07) is 6.72. The minimum atomic E-state index is 0.481. The average Bonchev–Trinajstić information content (AvgIpc) is 2.34. The summed E-state index contributed by atoms with van der Waals surface area (Å²) < 4.78 is 0. The van der Waals surface area contributed by atoms with Crippen LogP contribution in [0.25, 0.3) is 0 Å². The van der Waals surface area contributed by atoms with Crippen LogP contribution >= 0.6 is 0 Å². The van der Waals surface area contributed by atoms with E-state index in [4.69, 9.17) is 0 Å². The van der Waals surface area contributed by atoms with Crippen LogP contribution < -0.4 is 5.32 Å². The molecule has 0 saturated carbocycles. The zero-order valence-corrected chi connectivity index (χ0v) is 11.6. The molecule has 0 aliphatic rings. The summed E-state index contributed by atoms with van der Waals surface area (Å²) in [5, 5.41) is 3.60. The highest BCUT2D eigenvalue weighted by molar-refractivity contribution is 5.11. The Hall–Kier alpha value is -0.890. The van der Waals surface area contributed by atoms with Gasteiger partial charge in [0.2, 0.25) is 0 Å². The average molecular weight is 234 g/mol. The molecular formula is C15H26N2. The SMILES string of the molecule is CCNC(CCC(C)C)C(C)c1ccccn1. The maximum absolute atomic E-state index is 4.47. The van der Waals surface area contributed by atoms with Crippen molar-refractivity contribution in [2.75, 3.05) is 6.54 Å². The normalized spacial score (nSPS) is 14.9. The maximum Gasteiger partial charge on any atom is 0.0447 e. The highest BCUT2D eigenvalue weighted by atomic mass is 14.9. The summed E-state index contributed by atoms with van der Waals surface area (Å²) in [5.41, 5.74) is 1.20. The molecule has 0 aliphatic heterocycles. The number of likely N-dealkylation sites (N-methyl/N-ethyl adjacent to an activating group) is 1. The van der Waals surface area contributed by atoms with Gasteiger partial charge >= 0.3 is 0 Å². The number of hydrogen-bond acceptors (Lipinski definition) is 2. The molecule has 0 aromatic carbocycles. The number of nitrogens with zero attached hydrogens (tertiary/aromatic N) is 1. The highest BCUT2D eigenvalue weighted by Gasteiger charge is 2.18. The Morgan fingerprint density at radius 2 is 1.94 bits per heavy atom. The summed E-state index contributed by atoms with van der Waals surface area (Å²) >= 11 is 0. The van der Waals surface area contributed by atoms with E-state index in [0.29, 0.717) is 12.0 Å². The number of pyridine rings is 1. The van der Waals surface area contributed by atoms with Crippen molar-refractivity contribution in [3.8, 4) is 0 Å². The minimum Gasteiger partial charge on any atom is -0.314 e. The van der Waals surface area contributed by atoms with E-state index in [9.17, 15) is 0 Å². The predicted molar refractivity (Wildman–Crippen MR) is 74.2 cm³/mol.